The van der Waals surface area contributed by atoms with Gasteiger partial charge in [0.1, 0.15) is 5.25 Å². The lowest BCUT2D eigenvalue weighted by Gasteiger charge is -2.17. The Bertz CT molecular complexity index is 701. The van der Waals surface area contributed by atoms with Crippen LogP contribution in [-0.2, 0) is 19.8 Å². The van der Waals surface area contributed by atoms with Gasteiger partial charge in [0.2, 0.25) is 5.91 Å². The average molecular weight is 315 g/mol. The number of hydrogen-bond donors (Lipinski definition) is 0. The fraction of sp³-hybridized carbons (Fsp3) is 0.385. The van der Waals surface area contributed by atoms with E-state index < -0.39 is 27.3 Å². The van der Waals surface area contributed by atoms with Crippen molar-refractivity contribution in [3.63, 3.8) is 0 Å². The molecule has 2 rings (SSSR count). The highest BCUT2D eigenvalue weighted by Gasteiger charge is 2.39. The number of benzene rings is 1. The van der Waals surface area contributed by atoms with Crippen LogP contribution < -0.4 is 4.90 Å². The Kier molecular flexibility index (Phi) is 3.99. The Morgan fingerprint density at radius 3 is 2.57 bits per heavy atom. The quantitative estimate of drug-likeness (QED) is 0.618. The van der Waals surface area contributed by atoms with Crippen LogP contribution in [0.3, 0.4) is 0 Å². The van der Waals surface area contributed by atoms with Crippen LogP contribution in [0.5, 0.6) is 0 Å². The van der Waals surface area contributed by atoms with Gasteiger partial charge in [0.05, 0.1) is 12.7 Å². The van der Waals surface area contributed by atoms with E-state index in [-0.39, 0.29) is 13.0 Å². The molecule has 0 aliphatic carbocycles. The van der Waals surface area contributed by atoms with Crippen molar-refractivity contribution in [1.82, 2.24) is 0 Å². The molecule has 0 saturated carbocycles. The molecule has 0 N–H and O–H groups in total. The van der Waals surface area contributed by atoms with E-state index in [4.69, 9.17) is 0 Å². The van der Waals surface area contributed by atoms with E-state index >= 15 is 0 Å². The summed E-state index contributed by atoms with van der Waals surface area (Å²) < 4.78 is 39.4. The zero-order valence-corrected chi connectivity index (χ0v) is 12.3. The summed E-state index contributed by atoms with van der Waals surface area (Å²) in [4.78, 5) is 24.5. The SMILES string of the molecule is COC(=O)c1ccc(N2CC(S(=O)(=O)F)CC2=O)cc1C. The van der Waals surface area contributed by atoms with Gasteiger partial charge in [-0.05, 0) is 30.7 Å². The Balaban J connectivity index is 2.30. The van der Waals surface area contributed by atoms with Crippen LogP contribution in [0.1, 0.15) is 22.3 Å². The van der Waals surface area contributed by atoms with Gasteiger partial charge in [-0.15, -0.1) is 3.89 Å². The molecule has 1 aliphatic rings. The van der Waals surface area contributed by atoms with E-state index in [1.54, 1.807) is 13.0 Å². The third-order valence-electron chi connectivity index (χ3n) is 3.41. The highest BCUT2D eigenvalue weighted by molar-refractivity contribution is 7.87. The van der Waals surface area contributed by atoms with E-state index in [9.17, 15) is 21.9 Å². The Morgan fingerprint density at radius 1 is 1.43 bits per heavy atom. The summed E-state index contributed by atoms with van der Waals surface area (Å²) in [5, 5.41) is -1.34. The summed E-state index contributed by atoms with van der Waals surface area (Å²) in [6.45, 7) is 1.44. The van der Waals surface area contributed by atoms with Crippen molar-refractivity contribution in [3.05, 3.63) is 29.3 Å². The first kappa shape index (κ1) is 15.4. The maximum Gasteiger partial charge on any atom is 0.338 e. The second kappa shape index (κ2) is 5.44. The lowest BCUT2D eigenvalue weighted by molar-refractivity contribution is -0.117. The molecule has 0 aromatic heterocycles. The third-order valence-corrected chi connectivity index (χ3v) is 4.53. The van der Waals surface area contributed by atoms with Crippen molar-refractivity contribution >= 4 is 27.8 Å². The van der Waals surface area contributed by atoms with Gasteiger partial charge in [-0.1, -0.05) is 0 Å². The van der Waals surface area contributed by atoms with Crippen LogP contribution in [0.2, 0.25) is 0 Å². The molecular formula is C13H14FNO5S. The minimum atomic E-state index is -4.75. The van der Waals surface area contributed by atoms with Gasteiger partial charge < -0.3 is 9.64 Å². The molecule has 0 radical (unpaired) electrons. The predicted octanol–water partition coefficient (Wildman–Crippen LogP) is 1.19. The Morgan fingerprint density at radius 2 is 2.10 bits per heavy atom. The van der Waals surface area contributed by atoms with Crippen molar-refractivity contribution in [1.29, 1.82) is 0 Å². The molecule has 1 saturated heterocycles. The molecule has 114 valence electrons. The van der Waals surface area contributed by atoms with Crippen LogP contribution in [0.25, 0.3) is 0 Å². The predicted molar refractivity (Wildman–Crippen MR) is 73.3 cm³/mol. The number of amides is 1. The normalized spacial score (nSPS) is 18.9. The average Bonchev–Trinajstić information content (AvgIpc) is 2.80. The number of ether oxygens (including phenoxy) is 1. The van der Waals surface area contributed by atoms with E-state index in [1.165, 1.54) is 24.1 Å². The number of rotatable bonds is 3. The summed E-state index contributed by atoms with van der Waals surface area (Å²) >= 11 is 0. The van der Waals surface area contributed by atoms with Gasteiger partial charge in [0, 0.05) is 18.7 Å². The van der Waals surface area contributed by atoms with Crippen molar-refractivity contribution in [3.8, 4) is 0 Å². The van der Waals surface area contributed by atoms with E-state index in [0.717, 1.165) is 0 Å². The molecule has 0 bridgehead atoms. The number of esters is 1. The first-order chi connectivity index (χ1) is 9.74. The second-order valence-electron chi connectivity index (χ2n) is 4.80. The van der Waals surface area contributed by atoms with Gasteiger partial charge in [0.25, 0.3) is 0 Å². The first-order valence-corrected chi connectivity index (χ1v) is 7.61. The van der Waals surface area contributed by atoms with Crippen LogP contribution in [-0.4, -0.2) is 39.2 Å². The highest BCUT2D eigenvalue weighted by atomic mass is 32.3. The number of methoxy groups -OCH3 is 1. The van der Waals surface area contributed by atoms with Gasteiger partial charge >= 0.3 is 16.2 Å². The smallest absolute Gasteiger partial charge is 0.338 e. The Labute approximate surface area is 121 Å². The summed E-state index contributed by atoms with van der Waals surface area (Å²) in [6, 6.07) is 4.56. The topological polar surface area (TPSA) is 80.8 Å². The molecule has 1 atom stereocenters. The molecule has 6 nitrogen and oxygen atoms in total. The van der Waals surface area contributed by atoms with Crippen LogP contribution in [0.15, 0.2) is 18.2 Å². The number of carbonyl (C=O) groups is 2. The molecule has 0 spiro atoms. The zero-order chi connectivity index (χ0) is 15.8. The van der Waals surface area contributed by atoms with Gasteiger partial charge in [0.15, 0.2) is 0 Å². The molecule has 1 aromatic rings. The molecule has 1 unspecified atom stereocenters. The van der Waals surface area contributed by atoms with Gasteiger partial charge in [-0.2, -0.15) is 8.42 Å². The van der Waals surface area contributed by atoms with Crippen molar-refractivity contribution < 1.29 is 26.6 Å². The number of carbonyl (C=O) groups excluding carboxylic acids is 2. The van der Waals surface area contributed by atoms with Crippen molar-refractivity contribution in [2.45, 2.75) is 18.6 Å². The minimum absolute atomic E-state index is 0.228. The largest absolute Gasteiger partial charge is 0.465 e. The standard InChI is InChI=1S/C13H14FNO5S/c1-8-5-9(3-4-11(8)13(17)20-2)15-7-10(6-12(15)16)21(14,18)19/h3-5,10H,6-7H2,1-2H3. The molecule has 21 heavy (non-hydrogen) atoms. The van der Waals surface area contributed by atoms with E-state index in [1.807, 2.05) is 0 Å². The fourth-order valence-corrected chi connectivity index (χ4v) is 2.94. The maximum absolute atomic E-state index is 13.0. The molecule has 1 amide bonds. The van der Waals surface area contributed by atoms with Crippen LogP contribution in [0, 0.1) is 6.92 Å². The van der Waals surface area contributed by atoms with Crippen molar-refractivity contribution in [2.75, 3.05) is 18.6 Å². The first-order valence-electron chi connectivity index (χ1n) is 6.17. The van der Waals surface area contributed by atoms with Gasteiger partial charge in [-0.3, -0.25) is 4.79 Å². The number of hydrogen-bond acceptors (Lipinski definition) is 5. The monoisotopic (exact) mass is 315 g/mol. The molecule has 1 aromatic carbocycles. The second-order valence-corrected chi connectivity index (χ2v) is 6.41. The molecule has 8 heteroatoms. The van der Waals surface area contributed by atoms with E-state index in [2.05, 4.69) is 4.74 Å². The molecule has 1 heterocycles. The van der Waals surface area contributed by atoms with Gasteiger partial charge in [-0.25, -0.2) is 4.79 Å². The summed E-state index contributed by atoms with van der Waals surface area (Å²) in [7, 11) is -3.49. The van der Waals surface area contributed by atoms with Crippen LogP contribution in [0.4, 0.5) is 9.57 Å². The fourth-order valence-electron chi connectivity index (χ4n) is 2.27. The van der Waals surface area contributed by atoms with E-state index in [0.29, 0.717) is 16.8 Å². The summed E-state index contributed by atoms with van der Waals surface area (Å²) in [5.74, 6) is -0.970. The minimum Gasteiger partial charge on any atom is -0.465 e. The number of anilines is 1. The maximum atomic E-state index is 13.0. The lowest BCUT2D eigenvalue weighted by atomic mass is 10.1. The summed E-state index contributed by atoms with van der Waals surface area (Å²) in [6.07, 6.45) is -0.378. The van der Waals surface area contributed by atoms with Crippen molar-refractivity contribution in [2.24, 2.45) is 0 Å². The number of aryl methyl sites for hydroxylation is 1. The summed E-state index contributed by atoms with van der Waals surface area (Å²) in [5.41, 5.74) is 1.36. The molecular weight excluding hydrogens is 301 g/mol. The highest BCUT2D eigenvalue weighted by Crippen LogP contribution is 2.27. The number of nitrogens with zero attached hydrogens (tertiary/aromatic N) is 1. The molecule has 1 aliphatic heterocycles. The third kappa shape index (κ3) is 3.05. The Hall–Kier alpha value is -1.96. The zero-order valence-electron chi connectivity index (χ0n) is 11.5. The van der Waals surface area contributed by atoms with Crippen LogP contribution >= 0.6 is 0 Å². The number of halogens is 1. The lowest BCUT2D eigenvalue weighted by Crippen LogP contribution is -2.27. The molecule has 1 fully saturated rings.